The van der Waals surface area contributed by atoms with Gasteiger partial charge < -0.3 is 10.2 Å². The molecule has 1 heterocycles. The number of halogens is 1. The standard InChI is InChI=1S/C16H28N2O.ClH/c1-12-11-17-8-9-18(12)16(19)15-7-6-13-4-2-3-5-14(13)10-15;/h12-15,17H,2-11H2,1H3;1H/t12-,13?,14?,15?;/m0./s1. The third kappa shape index (κ3) is 3.30. The van der Waals surface area contributed by atoms with E-state index in [1.807, 2.05) is 0 Å². The van der Waals surface area contributed by atoms with Crippen LogP contribution in [-0.2, 0) is 4.79 Å². The van der Waals surface area contributed by atoms with Gasteiger partial charge >= 0.3 is 0 Å². The average molecular weight is 301 g/mol. The first-order valence-electron chi connectivity index (χ1n) is 8.27. The van der Waals surface area contributed by atoms with Crippen LogP contribution in [0.2, 0.25) is 0 Å². The molecule has 3 unspecified atom stereocenters. The van der Waals surface area contributed by atoms with Crippen molar-refractivity contribution in [1.29, 1.82) is 0 Å². The first-order valence-corrected chi connectivity index (χ1v) is 8.27. The second-order valence-electron chi connectivity index (χ2n) is 6.90. The predicted octanol–water partition coefficient (Wildman–Crippen LogP) is 2.84. The second kappa shape index (κ2) is 7.13. The molecule has 3 rings (SSSR count). The Bertz CT molecular complexity index is 336. The number of nitrogens with one attached hydrogen (secondary N) is 1. The lowest BCUT2D eigenvalue weighted by atomic mass is 9.67. The van der Waals surface area contributed by atoms with E-state index in [4.69, 9.17) is 0 Å². The smallest absolute Gasteiger partial charge is 0.226 e. The highest BCUT2D eigenvalue weighted by Gasteiger charge is 2.37. The van der Waals surface area contributed by atoms with Gasteiger partial charge in [-0.05, 0) is 38.0 Å². The van der Waals surface area contributed by atoms with Crippen LogP contribution in [0.25, 0.3) is 0 Å². The van der Waals surface area contributed by atoms with Gasteiger partial charge in [-0.3, -0.25) is 4.79 Å². The van der Waals surface area contributed by atoms with E-state index in [1.54, 1.807) is 0 Å². The fourth-order valence-electron chi connectivity index (χ4n) is 4.50. The van der Waals surface area contributed by atoms with Crippen molar-refractivity contribution in [3.63, 3.8) is 0 Å². The minimum atomic E-state index is 0. The summed E-state index contributed by atoms with van der Waals surface area (Å²) in [7, 11) is 0. The number of carbonyl (C=O) groups excluding carboxylic acids is 1. The van der Waals surface area contributed by atoms with Gasteiger partial charge in [-0.1, -0.05) is 25.7 Å². The van der Waals surface area contributed by atoms with Crippen LogP contribution in [0.1, 0.15) is 51.9 Å². The zero-order valence-corrected chi connectivity index (χ0v) is 13.5. The molecular formula is C16H29ClN2O. The van der Waals surface area contributed by atoms with Gasteiger partial charge in [-0.2, -0.15) is 0 Å². The Kier molecular flexibility index (Phi) is 5.74. The molecule has 3 nitrogen and oxygen atoms in total. The molecule has 0 aromatic heterocycles. The van der Waals surface area contributed by atoms with E-state index < -0.39 is 0 Å². The molecule has 0 radical (unpaired) electrons. The Morgan fingerprint density at radius 2 is 1.85 bits per heavy atom. The number of nitrogens with zero attached hydrogens (tertiary/aromatic N) is 1. The molecule has 116 valence electrons. The number of fused-ring (bicyclic) bond motifs is 1. The van der Waals surface area contributed by atoms with Gasteiger partial charge in [0.05, 0.1) is 0 Å². The number of rotatable bonds is 1. The van der Waals surface area contributed by atoms with Gasteiger partial charge in [0.15, 0.2) is 0 Å². The molecule has 1 aliphatic heterocycles. The monoisotopic (exact) mass is 300 g/mol. The van der Waals surface area contributed by atoms with E-state index in [2.05, 4.69) is 17.1 Å². The van der Waals surface area contributed by atoms with Gasteiger partial charge in [0.1, 0.15) is 0 Å². The van der Waals surface area contributed by atoms with Crippen molar-refractivity contribution < 1.29 is 4.79 Å². The van der Waals surface area contributed by atoms with Crippen molar-refractivity contribution in [2.45, 2.75) is 57.9 Å². The molecular weight excluding hydrogens is 272 g/mol. The van der Waals surface area contributed by atoms with E-state index in [-0.39, 0.29) is 12.4 Å². The van der Waals surface area contributed by atoms with Gasteiger partial charge in [0.25, 0.3) is 0 Å². The zero-order valence-electron chi connectivity index (χ0n) is 12.6. The summed E-state index contributed by atoms with van der Waals surface area (Å²) in [5.74, 6) is 2.59. The Hall–Kier alpha value is -0.280. The van der Waals surface area contributed by atoms with Crippen molar-refractivity contribution >= 4 is 18.3 Å². The van der Waals surface area contributed by atoms with Gasteiger partial charge in [-0.25, -0.2) is 0 Å². The van der Waals surface area contributed by atoms with E-state index >= 15 is 0 Å². The summed E-state index contributed by atoms with van der Waals surface area (Å²) < 4.78 is 0. The molecule has 0 aromatic carbocycles. The lowest BCUT2D eigenvalue weighted by molar-refractivity contribution is -0.140. The van der Waals surface area contributed by atoms with Gasteiger partial charge in [0.2, 0.25) is 5.91 Å². The summed E-state index contributed by atoms with van der Waals surface area (Å²) in [4.78, 5) is 14.9. The van der Waals surface area contributed by atoms with Crippen LogP contribution >= 0.6 is 12.4 Å². The minimum Gasteiger partial charge on any atom is -0.337 e. The van der Waals surface area contributed by atoms with E-state index in [0.717, 1.165) is 37.9 Å². The molecule has 2 aliphatic carbocycles. The maximum absolute atomic E-state index is 12.7. The summed E-state index contributed by atoms with van der Waals surface area (Å²) >= 11 is 0. The van der Waals surface area contributed by atoms with Crippen LogP contribution in [0, 0.1) is 17.8 Å². The van der Waals surface area contributed by atoms with E-state index in [1.165, 1.54) is 38.5 Å². The fraction of sp³-hybridized carbons (Fsp3) is 0.938. The molecule has 0 aromatic rings. The average Bonchev–Trinajstić information content (AvgIpc) is 2.46. The third-order valence-corrected chi connectivity index (χ3v) is 5.67. The molecule has 3 fully saturated rings. The molecule has 3 aliphatic rings. The topological polar surface area (TPSA) is 32.3 Å². The third-order valence-electron chi connectivity index (χ3n) is 5.67. The number of hydrogen-bond donors (Lipinski definition) is 1. The van der Waals surface area contributed by atoms with Gasteiger partial charge in [-0.15, -0.1) is 12.4 Å². The summed E-state index contributed by atoms with van der Waals surface area (Å²) in [6.07, 6.45) is 9.26. The first kappa shape index (κ1) is 16.1. The summed E-state index contributed by atoms with van der Waals surface area (Å²) in [6, 6.07) is 0.380. The van der Waals surface area contributed by atoms with Crippen LogP contribution in [-0.4, -0.2) is 36.5 Å². The largest absolute Gasteiger partial charge is 0.337 e. The molecule has 0 bridgehead atoms. The maximum atomic E-state index is 12.7. The highest BCUT2D eigenvalue weighted by atomic mass is 35.5. The number of amides is 1. The number of carbonyl (C=O) groups is 1. The van der Waals surface area contributed by atoms with E-state index in [9.17, 15) is 4.79 Å². The van der Waals surface area contributed by atoms with Crippen molar-refractivity contribution in [2.24, 2.45) is 17.8 Å². The Morgan fingerprint density at radius 3 is 2.60 bits per heavy atom. The zero-order chi connectivity index (χ0) is 13.2. The van der Waals surface area contributed by atoms with Crippen LogP contribution in [0.5, 0.6) is 0 Å². The summed E-state index contributed by atoms with van der Waals surface area (Å²) in [5.41, 5.74) is 0. The molecule has 2 saturated carbocycles. The Morgan fingerprint density at radius 1 is 1.10 bits per heavy atom. The van der Waals surface area contributed by atoms with E-state index in [0.29, 0.717) is 17.9 Å². The van der Waals surface area contributed by atoms with Crippen molar-refractivity contribution in [3.8, 4) is 0 Å². The van der Waals surface area contributed by atoms with Crippen LogP contribution in [0.15, 0.2) is 0 Å². The number of piperazine rings is 1. The SMILES string of the molecule is C[C@H]1CNCCN1C(=O)C1CCC2CCCCC2C1.Cl. The normalized spacial score (nSPS) is 37.8. The fourth-order valence-corrected chi connectivity index (χ4v) is 4.50. The quantitative estimate of drug-likeness (QED) is 0.807. The minimum absolute atomic E-state index is 0. The molecule has 20 heavy (non-hydrogen) atoms. The first-order chi connectivity index (χ1) is 9.25. The molecule has 1 N–H and O–H groups in total. The molecule has 1 saturated heterocycles. The Balaban J connectivity index is 0.00000147. The van der Waals surface area contributed by atoms with Gasteiger partial charge in [0, 0.05) is 31.6 Å². The van der Waals surface area contributed by atoms with Crippen molar-refractivity contribution in [2.75, 3.05) is 19.6 Å². The summed E-state index contributed by atoms with van der Waals surface area (Å²) in [6.45, 7) is 5.01. The molecule has 1 amide bonds. The molecule has 4 atom stereocenters. The van der Waals surface area contributed by atoms with Crippen molar-refractivity contribution in [3.05, 3.63) is 0 Å². The summed E-state index contributed by atoms with van der Waals surface area (Å²) in [5, 5.41) is 3.37. The molecule has 4 heteroatoms. The highest BCUT2D eigenvalue weighted by molar-refractivity contribution is 5.85. The lowest BCUT2D eigenvalue weighted by Gasteiger charge is -2.42. The maximum Gasteiger partial charge on any atom is 0.226 e. The predicted molar refractivity (Wildman–Crippen MR) is 84.1 cm³/mol. The number of hydrogen-bond acceptors (Lipinski definition) is 2. The molecule has 0 spiro atoms. The second-order valence-corrected chi connectivity index (χ2v) is 6.90. The van der Waals surface area contributed by atoms with Crippen LogP contribution in [0.3, 0.4) is 0 Å². The highest BCUT2D eigenvalue weighted by Crippen LogP contribution is 2.43. The lowest BCUT2D eigenvalue weighted by Crippen LogP contribution is -2.54. The van der Waals surface area contributed by atoms with Crippen molar-refractivity contribution in [1.82, 2.24) is 10.2 Å². The Labute approximate surface area is 129 Å². The van der Waals surface area contributed by atoms with Crippen LogP contribution in [0.4, 0.5) is 0 Å². The van der Waals surface area contributed by atoms with Crippen LogP contribution < -0.4 is 5.32 Å².